The Balaban J connectivity index is 1.47. The van der Waals surface area contributed by atoms with Crippen LogP contribution in [0.15, 0.2) is 36.7 Å². The highest BCUT2D eigenvalue weighted by atomic mass is 16.3. The van der Waals surface area contributed by atoms with Crippen LogP contribution >= 0.6 is 0 Å². The molecule has 3 rings (SSSR count). The second-order valence-corrected chi connectivity index (χ2v) is 6.93. The highest BCUT2D eigenvalue weighted by molar-refractivity contribution is 5.43. The number of nitrogens with one attached hydrogen (secondary N) is 1. The minimum Gasteiger partial charge on any atom is -0.508 e. The van der Waals surface area contributed by atoms with Crippen LogP contribution in [0.25, 0.3) is 0 Å². The number of anilines is 1. The van der Waals surface area contributed by atoms with Gasteiger partial charge in [0.2, 0.25) is 0 Å². The van der Waals surface area contributed by atoms with Crippen LogP contribution in [0.1, 0.15) is 31.7 Å². The lowest BCUT2D eigenvalue weighted by Gasteiger charge is -2.35. The molecule has 0 aliphatic carbocycles. The number of phenols is 1. The van der Waals surface area contributed by atoms with Crippen molar-refractivity contribution in [2.75, 3.05) is 18.0 Å². The Morgan fingerprint density at radius 1 is 1.33 bits per heavy atom. The smallest absolute Gasteiger partial charge is 0.115 e. The van der Waals surface area contributed by atoms with Gasteiger partial charge in [-0.15, -0.1) is 0 Å². The fraction of sp³-hybridized carbons (Fsp3) is 0.526. The van der Waals surface area contributed by atoms with E-state index in [-0.39, 0.29) is 0 Å². The first kappa shape index (κ1) is 16.8. The summed E-state index contributed by atoms with van der Waals surface area (Å²) in [5, 5.41) is 17.4. The van der Waals surface area contributed by atoms with Crippen LogP contribution in [0.2, 0.25) is 0 Å². The third-order valence-electron chi connectivity index (χ3n) is 4.80. The molecule has 2 atom stereocenters. The van der Waals surface area contributed by atoms with Crippen LogP contribution in [0.3, 0.4) is 0 Å². The maximum absolute atomic E-state index is 9.35. The Morgan fingerprint density at radius 2 is 2.12 bits per heavy atom. The van der Waals surface area contributed by atoms with E-state index in [2.05, 4.69) is 28.4 Å². The molecule has 1 aromatic carbocycles. The summed E-state index contributed by atoms with van der Waals surface area (Å²) in [5.74, 6) is 0.336. The highest BCUT2D eigenvalue weighted by Gasteiger charge is 2.22. The van der Waals surface area contributed by atoms with Crippen molar-refractivity contribution in [3.05, 3.63) is 42.2 Å². The minimum atomic E-state index is 0.336. The molecular formula is C19H28N4O. The van der Waals surface area contributed by atoms with Gasteiger partial charge in [-0.2, -0.15) is 5.10 Å². The van der Waals surface area contributed by atoms with Gasteiger partial charge in [0.25, 0.3) is 0 Å². The van der Waals surface area contributed by atoms with Gasteiger partial charge in [-0.05, 0) is 50.3 Å². The molecule has 1 fully saturated rings. The first-order valence-corrected chi connectivity index (χ1v) is 8.87. The van der Waals surface area contributed by atoms with Crippen LogP contribution in [0.4, 0.5) is 5.69 Å². The largest absolute Gasteiger partial charge is 0.508 e. The van der Waals surface area contributed by atoms with E-state index in [9.17, 15) is 5.11 Å². The number of rotatable bonds is 6. The summed E-state index contributed by atoms with van der Waals surface area (Å²) in [6.45, 7) is 4.43. The molecule has 1 aliphatic rings. The van der Waals surface area contributed by atoms with Crippen molar-refractivity contribution in [1.82, 2.24) is 15.1 Å². The molecule has 2 aromatic rings. The first-order chi connectivity index (χ1) is 11.6. The standard InChI is InChI=1S/C19H28N4O/c1-15(5-6-16-7-9-19(24)10-8-16)21-17-4-3-11-23(13-17)18-12-20-22(2)14-18/h7-10,12,14-15,17,21,24H,3-6,11,13H2,1-2H3/t15-,17+/m1/s1. The molecule has 0 spiro atoms. The molecule has 5 heteroatoms. The molecule has 1 aliphatic heterocycles. The predicted molar refractivity (Wildman–Crippen MR) is 97.5 cm³/mol. The molecule has 2 heterocycles. The van der Waals surface area contributed by atoms with Gasteiger partial charge in [-0.3, -0.25) is 4.68 Å². The quantitative estimate of drug-likeness (QED) is 0.856. The van der Waals surface area contributed by atoms with Crippen molar-refractivity contribution in [2.45, 2.75) is 44.7 Å². The topological polar surface area (TPSA) is 53.3 Å². The average Bonchev–Trinajstić information content (AvgIpc) is 3.01. The van der Waals surface area contributed by atoms with Crippen LogP contribution in [-0.2, 0) is 13.5 Å². The summed E-state index contributed by atoms with van der Waals surface area (Å²) in [6, 6.07) is 8.56. The minimum absolute atomic E-state index is 0.336. The van der Waals surface area contributed by atoms with Crippen LogP contribution in [0, 0.1) is 0 Å². The number of aryl methyl sites for hydroxylation is 2. The molecule has 2 N–H and O–H groups in total. The molecule has 1 saturated heterocycles. The van der Waals surface area contributed by atoms with Gasteiger partial charge in [0.1, 0.15) is 5.75 Å². The second kappa shape index (κ2) is 7.71. The van der Waals surface area contributed by atoms with E-state index < -0.39 is 0 Å². The molecule has 0 amide bonds. The maximum atomic E-state index is 9.35. The van der Waals surface area contributed by atoms with Gasteiger partial charge in [0, 0.05) is 38.4 Å². The summed E-state index contributed by atoms with van der Waals surface area (Å²) in [4.78, 5) is 2.43. The third-order valence-corrected chi connectivity index (χ3v) is 4.80. The van der Waals surface area contributed by atoms with Gasteiger partial charge in [0.15, 0.2) is 0 Å². The summed E-state index contributed by atoms with van der Waals surface area (Å²) in [7, 11) is 1.97. The maximum Gasteiger partial charge on any atom is 0.115 e. The van der Waals surface area contributed by atoms with E-state index in [0.29, 0.717) is 17.8 Å². The van der Waals surface area contributed by atoms with Crippen molar-refractivity contribution in [2.24, 2.45) is 7.05 Å². The molecule has 1 aromatic heterocycles. The number of piperidine rings is 1. The van der Waals surface area contributed by atoms with E-state index in [1.54, 1.807) is 12.1 Å². The lowest BCUT2D eigenvalue weighted by atomic mass is 10.0. The van der Waals surface area contributed by atoms with Crippen LogP contribution in [0.5, 0.6) is 5.75 Å². The van der Waals surface area contributed by atoms with Gasteiger partial charge in [0.05, 0.1) is 11.9 Å². The highest BCUT2D eigenvalue weighted by Crippen LogP contribution is 2.19. The van der Waals surface area contributed by atoms with E-state index in [4.69, 9.17) is 0 Å². The SMILES string of the molecule is C[C@H](CCc1ccc(O)cc1)N[C@H]1CCCN(c2cnn(C)c2)C1. The van der Waals surface area contributed by atoms with E-state index in [1.165, 1.54) is 24.1 Å². The monoisotopic (exact) mass is 328 g/mol. The van der Waals surface area contributed by atoms with E-state index >= 15 is 0 Å². The molecule has 130 valence electrons. The van der Waals surface area contributed by atoms with Crippen molar-refractivity contribution >= 4 is 5.69 Å². The van der Waals surface area contributed by atoms with Crippen molar-refractivity contribution < 1.29 is 5.11 Å². The lowest BCUT2D eigenvalue weighted by molar-refractivity contribution is 0.373. The molecule has 0 saturated carbocycles. The fourth-order valence-electron chi connectivity index (χ4n) is 3.45. The summed E-state index contributed by atoms with van der Waals surface area (Å²) in [6.07, 6.45) is 8.65. The van der Waals surface area contributed by atoms with Crippen LogP contribution in [-0.4, -0.2) is 40.1 Å². The van der Waals surface area contributed by atoms with Gasteiger partial charge in [-0.1, -0.05) is 12.1 Å². The third kappa shape index (κ3) is 4.51. The first-order valence-electron chi connectivity index (χ1n) is 8.87. The number of nitrogens with zero attached hydrogens (tertiary/aromatic N) is 3. The molecule has 5 nitrogen and oxygen atoms in total. The number of aromatic hydroxyl groups is 1. The Morgan fingerprint density at radius 3 is 2.83 bits per heavy atom. The Hall–Kier alpha value is -2.01. The molecule has 0 unspecified atom stereocenters. The van der Waals surface area contributed by atoms with Gasteiger partial charge < -0.3 is 15.3 Å². The number of phenolic OH excluding ortho intramolecular Hbond substituents is 1. The van der Waals surface area contributed by atoms with E-state index in [0.717, 1.165) is 25.9 Å². The van der Waals surface area contributed by atoms with Crippen molar-refractivity contribution in [1.29, 1.82) is 0 Å². The van der Waals surface area contributed by atoms with Crippen molar-refractivity contribution in [3.8, 4) is 5.75 Å². The normalized spacial score (nSPS) is 19.4. The summed E-state index contributed by atoms with van der Waals surface area (Å²) < 4.78 is 1.87. The van der Waals surface area contributed by atoms with Crippen LogP contribution < -0.4 is 10.2 Å². The zero-order valence-corrected chi connectivity index (χ0v) is 14.7. The number of benzene rings is 1. The molecule has 0 radical (unpaired) electrons. The zero-order valence-electron chi connectivity index (χ0n) is 14.7. The number of hydrogen-bond acceptors (Lipinski definition) is 4. The predicted octanol–water partition coefficient (Wildman–Crippen LogP) is 2.71. The number of hydrogen-bond donors (Lipinski definition) is 2. The van der Waals surface area contributed by atoms with Crippen molar-refractivity contribution in [3.63, 3.8) is 0 Å². The number of aromatic nitrogens is 2. The lowest BCUT2D eigenvalue weighted by Crippen LogP contribution is -2.48. The van der Waals surface area contributed by atoms with Gasteiger partial charge >= 0.3 is 0 Å². The molecular weight excluding hydrogens is 300 g/mol. The Labute approximate surface area is 144 Å². The Kier molecular flexibility index (Phi) is 5.41. The molecule has 0 bridgehead atoms. The second-order valence-electron chi connectivity index (χ2n) is 6.93. The summed E-state index contributed by atoms with van der Waals surface area (Å²) in [5.41, 5.74) is 2.50. The molecule has 24 heavy (non-hydrogen) atoms. The van der Waals surface area contributed by atoms with Gasteiger partial charge in [-0.25, -0.2) is 0 Å². The fourth-order valence-corrected chi connectivity index (χ4v) is 3.45. The Bertz CT molecular complexity index is 637. The zero-order chi connectivity index (χ0) is 16.9. The summed E-state index contributed by atoms with van der Waals surface area (Å²) >= 11 is 0. The van der Waals surface area contributed by atoms with E-state index in [1.807, 2.05) is 30.1 Å². The average molecular weight is 328 g/mol.